The van der Waals surface area contributed by atoms with E-state index in [1.165, 1.54) is 18.2 Å². The normalized spacial score (nSPS) is 10.6. The molecule has 2 aromatic heterocycles. The average Bonchev–Trinajstić information content (AvgIpc) is 2.53. The molecule has 0 fully saturated rings. The predicted molar refractivity (Wildman–Crippen MR) is 83.9 cm³/mol. The number of nitrogens with two attached hydrogens (primary N) is 1. The van der Waals surface area contributed by atoms with Crippen LogP contribution >= 0.6 is 11.6 Å². The highest BCUT2D eigenvalue weighted by atomic mass is 35.5. The highest BCUT2D eigenvalue weighted by molar-refractivity contribution is 6.30. The summed E-state index contributed by atoms with van der Waals surface area (Å²) in [6.45, 7) is 0. The standard InChI is InChI=1S/C16H11ClFN3O/c17-10-3-4-13(18)12(6-10)14-7-11(15(22)16(19)21-14)9-2-1-5-20-8-9/h1-8,22H,(H2,19,21). The number of anilines is 1. The minimum Gasteiger partial charge on any atom is -0.504 e. The summed E-state index contributed by atoms with van der Waals surface area (Å²) in [4.78, 5) is 8.04. The molecule has 110 valence electrons. The van der Waals surface area contributed by atoms with Gasteiger partial charge in [-0.3, -0.25) is 4.98 Å². The van der Waals surface area contributed by atoms with Crippen LogP contribution in [0.1, 0.15) is 0 Å². The monoisotopic (exact) mass is 315 g/mol. The minimum atomic E-state index is -0.473. The van der Waals surface area contributed by atoms with E-state index in [-0.39, 0.29) is 22.8 Å². The van der Waals surface area contributed by atoms with E-state index in [0.29, 0.717) is 16.1 Å². The zero-order chi connectivity index (χ0) is 15.7. The lowest BCUT2D eigenvalue weighted by molar-refractivity contribution is 0.478. The second-order valence-corrected chi connectivity index (χ2v) is 5.09. The summed E-state index contributed by atoms with van der Waals surface area (Å²) in [7, 11) is 0. The fraction of sp³-hybridized carbons (Fsp3) is 0. The number of hydrogen-bond donors (Lipinski definition) is 2. The van der Waals surface area contributed by atoms with Gasteiger partial charge in [-0.1, -0.05) is 17.7 Å². The van der Waals surface area contributed by atoms with Crippen LogP contribution in [0.5, 0.6) is 5.75 Å². The SMILES string of the molecule is Nc1nc(-c2cc(Cl)ccc2F)cc(-c2cccnc2)c1O. The molecule has 0 radical (unpaired) electrons. The lowest BCUT2D eigenvalue weighted by atomic mass is 10.0. The number of pyridine rings is 2. The Morgan fingerprint density at radius 3 is 2.68 bits per heavy atom. The van der Waals surface area contributed by atoms with Gasteiger partial charge < -0.3 is 10.8 Å². The third-order valence-corrected chi connectivity index (χ3v) is 3.43. The van der Waals surface area contributed by atoms with Gasteiger partial charge >= 0.3 is 0 Å². The fourth-order valence-corrected chi connectivity index (χ4v) is 2.30. The van der Waals surface area contributed by atoms with E-state index in [9.17, 15) is 9.50 Å². The first-order valence-corrected chi connectivity index (χ1v) is 6.79. The number of rotatable bonds is 2. The first-order chi connectivity index (χ1) is 10.6. The highest BCUT2D eigenvalue weighted by Gasteiger charge is 2.15. The Bertz CT molecular complexity index is 840. The number of halogens is 2. The van der Waals surface area contributed by atoms with Crippen molar-refractivity contribution in [2.45, 2.75) is 0 Å². The third kappa shape index (κ3) is 2.58. The summed E-state index contributed by atoms with van der Waals surface area (Å²) in [6.07, 6.45) is 3.19. The zero-order valence-corrected chi connectivity index (χ0v) is 12.0. The molecule has 0 amide bonds. The maximum absolute atomic E-state index is 14.0. The molecule has 3 rings (SSSR count). The molecule has 1 aromatic carbocycles. The quantitative estimate of drug-likeness (QED) is 0.752. The summed E-state index contributed by atoms with van der Waals surface area (Å²) in [5, 5.41) is 10.5. The topological polar surface area (TPSA) is 72.0 Å². The number of aromatic nitrogens is 2. The van der Waals surface area contributed by atoms with Gasteiger partial charge in [-0.25, -0.2) is 9.37 Å². The van der Waals surface area contributed by atoms with Crippen LogP contribution in [0.4, 0.5) is 10.2 Å². The highest BCUT2D eigenvalue weighted by Crippen LogP contribution is 2.36. The van der Waals surface area contributed by atoms with E-state index in [1.54, 1.807) is 30.6 Å². The summed E-state index contributed by atoms with van der Waals surface area (Å²) in [5.74, 6) is -0.728. The predicted octanol–water partition coefficient (Wildman–Crippen LogP) is 3.89. The van der Waals surface area contributed by atoms with Gasteiger partial charge in [-0.2, -0.15) is 0 Å². The molecule has 2 heterocycles. The van der Waals surface area contributed by atoms with E-state index < -0.39 is 5.82 Å². The summed E-state index contributed by atoms with van der Waals surface area (Å²) >= 11 is 5.91. The Balaban J connectivity index is 2.23. The smallest absolute Gasteiger partial charge is 0.167 e. The van der Waals surface area contributed by atoms with Crippen molar-refractivity contribution < 1.29 is 9.50 Å². The minimum absolute atomic E-state index is 0.0873. The zero-order valence-electron chi connectivity index (χ0n) is 11.3. The Kier molecular flexibility index (Phi) is 3.65. The van der Waals surface area contributed by atoms with Gasteiger partial charge in [0.25, 0.3) is 0 Å². The molecule has 0 unspecified atom stereocenters. The van der Waals surface area contributed by atoms with Gasteiger partial charge in [0.1, 0.15) is 5.82 Å². The Morgan fingerprint density at radius 2 is 1.95 bits per heavy atom. The summed E-state index contributed by atoms with van der Waals surface area (Å²) in [6, 6.07) is 9.21. The second-order valence-electron chi connectivity index (χ2n) is 4.65. The third-order valence-electron chi connectivity index (χ3n) is 3.20. The molecule has 22 heavy (non-hydrogen) atoms. The largest absolute Gasteiger partial charge is 0.504 e. The van der Waals surface area contributed by atoms with E-state index in [4.69, 9.17) is 17.3 Å². The van der Waals surface area contributed by atoms with E-state index in [2.05, 4.69) is 9.97 Å². The van der Waals surface area contributed by atoms with Gasteiger partial charge in [0.05, 0.1) is 5.69 Å². The molecule has 0 atom stereocenters. The van der Waals surface area contributed by atoms with Crippen LogP contribution in [0.25, 0.3) is 22.4 Å². The van der Waals surface area contributed by atoms with Crippen LogP contribution in [0.3, 0.4) is 0 Å². The number of aromatic hydroxyl groups is 1. The summed E-state index contributed by atoms with van der Waals surface area (Å²) in [5.41, 5.74) is 7.32. The molecule has 0 aliphatic heterocycles. The number of nitrogen functional groups attached to an aromatic ring is 1. The van der Waals surface area contributed by atoms with Crippen molar-refractivity contribution in [3.8, 4) is 28.1 Å². The van der Waals surface area contributed by atoms with Crippen molar-refractivity contribution in [1.29, 1.82) is 0 Å². The molecule has 0 aliphatic rings. The average molecular weight is 316 g/mol. The maximum Gasteiger partial charge on any atom is 0.167 e. The Labute approximate surface area is 131 Å². The lowest BCUT2D eigenvalue weighted by Gasteiger charge is -2.10. The molecular formula is C16H11ClFN3O. The van der Waals surface area contributed by atoms with Crippen molar-refractivity contribution in [3.63, 3.8) is 0 Å². The molecule has 6 heteroatoms. The first-order valence-electron chi connectivity index (χ1n) is 6.41. The molecule has 0 aliphatic carbocycles. The lowest BCUT2D eigenvalue weighted by Crippen LogP contribution is -1.97. The van der Waals surface area contributed by atoms with E-state index in [1.807, 2.05) is 0 Å². The molecule has 4 nitrogen and oxygen atoms in total. The maximum atomic E-state index is 14.0. The van der Waals surface area contributed by atoms with Crippen LogP contribution < -0.4 is 5.73 Å². The molecular weight excluding hydrogens is 305 g/mol. The van der Waals surface area contributed by atoms with E-state index in [0.717, 1.165) is 0 Å². The van der Waals surface area contributed by atoms with Crippen LogP contribution in [0.15, 0.2) is 48.8 Å². The second kappa shape index (κ2) is 5.61. The van der Waals surface area contributed by atoms with E-state index >= 15 is 0 Å². The van der Waals surface area contributed by atoms with Gasteiger partial charge in [-0.15, -0.1) is 0 Å². The van der Waals surface area contributed by atoms with Crippen molar-refractivity contribution in [2.24, 2.45) is 0 Å². The molecule has 3 N–H and O–H groups in total. The molecule has 0 saturated carbocycles. The van der Waals surface area contributed by atoms with Crippen LogP contribution in [0, 0.1) is 5.82 Å². The van der Waals surface area contributed by atoms with Gasteiger partial charge in [0, 0.05) is 34.1 Å². The van der Waals surface area contributed by atoms with Crippen LogP contribution in [0.2, 0.25) is 5.02 Å². The first kappa shape index (κ1) is 14.3. The Morgan fingerprint density at radius 1 is 1.14 bits per heavy atom. The van der Waals surface area contributed by atoms with Gasteiger partial charge in [0.15, 0.2) is 11.6 Å². The van der Waals surface area contributed by atoms with Crippen LogP contribution in [-0.4, -0.2) is 15.1 Å². The van der Waals surface area contributed by atoms with Crippen molar-refractivity contribution in [1.82, 2.24) is 9.97 Å². The summed E-state index contributed by atoms with van der Waals surface area (Å²) < 4.78 is 14.0. The van der Waals surface area contributed by atoms with Crippen LogP contribution in [-0.2, 0) is 0 Å². The molecule has 0 spiro atoms. The molecule has 0 saturated heterocycles. The van der Waals surface area contributed by atoms with Crippen molar-refractivity contribution in [2.75, 3.05) is 5.73 Å². The van der Waals surface area contributed by atoms with Crippen molar-refractivity contribution in [3.05, 3.63) is 59.6 Å². The molecule has 0 bridgehead atoms. The molecule has 3 aromatic rings. The van der Waals surface area contributed by atoms with Crippen molar-refractivity contribution >= 4 is 17.4 Å². The van der Waals surface area contributed by atoms with Gasteiger partial charge in [0.2, 0.25) is 0 Å². The van der Waals surface area contributed by atoms with Gasteiger partial charge in [-0.05, 0) is 30.3 Å². The fourth-order valence-electron chi connectivity index (χ4n) is 2.13. The Hall–Kier alpha value is -2.66. The number of benzene rings is 1. The number of hydrogen-bond acceptors (Lipinski definition) is 4. The number of nitrogens with zero attached hydrogens (tertiary/aromatic N) is 2.